The van der Waals surface area contributed by atoms with Crippen LogP contribution in [-0.4, -0.2) is 10.7 Å². The standard InChI is InChI=1S/C15H26O/c1-11-5-7-14(3,4)10-13-12(2)6-8-15(13,16)9-11/h5,12-13,16H,6-10H2,1-4H3/b11-5-/t12-,13+,15+/m1/s1. The molecular weight excluding hydrogens is 196 g/mol. The van der Waals surface area contributed by atoms with E-state index in [0.717, 1.165) is 19.3 Å². The Bertz CT molecular complexity index is 303. The summed E-state index contributed by atoms with van der Waals surface area (Å²) in [7, 11) is 0. The van der Waals surface area contributed by atoms with Gasteiger partial charge in [0.05, 0.1) is 5.60 Å². The fourth-order valence-electron chi connectivity index (χ4n) is 3.69. The van der Waals surface area contributed by atoms with E-state index < -0.39 is 5.60 Å². The van der Waals surface area contributed by atoms with Crippen molar-refractivity contribution in [2.75, 3.05) is 0 Å². The van der Waals surface area contributed by atoms with Crippen LogP contribution < -0.4 is 0 Å². The van der Waals surface area contributed by atoms with E-state index in [0.29, 0.717) is 17.3 Å². The lowest BCUT2D eigenvalue weighted by Crippen LogP contribution is -2.39. The van der Waals surface area contributed by atoms with Gasteiger partial charge in [-0.05, 0) is 56.3 Å². The molecule has 2 aliphatic carbocycles. The first-order valence-corrected chi connectivity index (χ1v) is 6.70. The highest BCUT2D eigenvalue weighted by atomic mass is 16.3. The summed E-state index contributed by atoms with van der Waals surface area (Å²) in [6.07, 6.45) is 7.78. The van der Waals surface area contributed by atoms with Crippen molar-refractivity contribution in [1.29, 1.82) is 0 Å². The van der Waals surface area contributed by atoms with Crippen LogP contribution in [-0.2, 0) is 0 Å². The summed E-state index contributed by atoms with van der Waals surface area (Å²) >= 11 is 0. The number of hydrogen-bond acceptors (Lipinski definition) is 1. The maximum Gasteiger partial charge on any atom is 0.0715 e. The third kappa shape index (κ3) is 2.20. The highest BCUT2D eigenvalue weighted by Crippen LogP contribution is 2.50. The number of allylic oxidation sites excluding steroid dienone is 1. The molecule has 92 valence electrons. The lowest BCUT2D eigenvalue weighted by molar-refractivity contribution is -0.0252. The van der Waals surface area contributed by atoms with Crippen molar-refractivity contribution in [3.8, 4) is 0 Å². The van der Waals surface area contributed by atoms with E-state index in [1.807, 2.05) is 0 Å². The maximum absolute atomic E-state index is 10.8. The lowest BCUT2D eigenvalue weighted by atomic mass is 9.69. The molecule has 0 unspecified atom stereocenters. The highest BCUT2D eigenvalue weighted by molar-refractivity contribution is 5.12. The van der Waals surface area contributed by atoms with Gasteiger partial charge in [0, 0.05) is 0 Å². The number of aliphatic hydroxyl groups is 1. The summed E-state index contributed by atoms with van der Waals surface area (Å²) in [5.74, 6) is 1.20. The molecule has 1 saturated carbocycles. The quantitative estimate of drug-likeness (QED) is 0.616. The van der Waals surface area contributed by atoms with Crippen LogP contribution in [0.2, 0.25) is 0 Å². The molecule has 1 fully saturated rings. The van der Waals surface area contributed by atoms with Crippen LogP contribution in [0.25, 0.3) is 0 Å². The van der Waals surface area contributed by atoms with Gasteiger partial charge in [0.15, 0.2) is 0 Å². The first kappa shape index (κ1) is 12.2. The topological polar surface area (TPSA) is 20.2 Å². The van der Waals surface area contributed by atoms with Crippen LogP contribution in [0, 0.1) is 17.3 Å². The van der Waals surface area contributed by atoms with E-state index in [1.165, 1.54) is 18.4 Å². The predicted molar refractivity (Wildman–Crippen MR) is 68.2 cm³/mol. The zero-order chi connectivity index (χ0) is 12.0. The van der Waals surface area contributed by atoms with Crippen molar-refractivity contribution in [3.05, 3.63) is 11.6 Å². The zero-order valence-corrected chi connectivity index (χ0v) is 11.2. The molecule has 0 aromatic heterocycles. The number of rotatable bonds is 0. The Hall–Kier alpha value is -0.300. The molecule has 3 atom stereocenters. The Morgan fingerprint density at radius 3 is 2.75 bits per heavy atom. The Morgan fingerprint density at radius 1 is 1.38 bits per heavy atom. The molecule has 0 aromatic carbocycles. The van der Waals surface area contributed by atoms with Crippen molar-refractivity contribution in [3.63, 3.8) is 0 Å². The van der Waals surface area contributed by atoms with Gasteiger partial charge in [-0.15, -0.1) is 0 Å². The Morgan fingerprint density at radius 2 is 2.06 bits per heavy atom. The molecule has 1 nitrogen and oxygen atoms in total. The first-order valence-electron chi connectivity index (χ1n) is 6.70. The smallest absolute Gasteiger partial charge is 0.0715 e. The molecule has 16 heavy (non-hydrogen) atoms. The summed E-state index contributed by atoms with van der Waals surface area (Å²) < 4.78 is 0. The van der Waals surface area contributed by atoms with E-state index in [4.69, 9.17) is 0 Å². The summed E-state index contributed by atoms with van der Waals surface area (Å²) in [6, 6.07) is 0. The Kier molecular flexibility index (Phi) is 2.94. The Labute approximate surface area is 99.9 Å². The summed E-state index contributed by atoms with van der Waals surface area (Å²) in [4.78, 5) is 0. The normalized spacial score (nSPS) is 46.4. The average molecular weight is 222 g/mol. The molecule has 0 heterocycles. The Balaban J connectivity index is 2.31. The first-order chi connectivity index (χ1) is 7.32. The van der Waals surface area contributed by atoms with E-state index in [2.05, 4.69) is 33.8 Å². The second kappa shape index (κ2) is 3.87. The second-order valence-corrected chi connectivity index (χ2v) is 7.03. The van der Waals surface area contributed by atoms with Gasteiger partial charge in [-0.2, -0.15) is 0 Å². The average Bonchev–Trinajstić information content (AvgIpc) is 2.42. The molecule has 0 amide bonds. The maximum atomic E-state index is 10.8. The van der Waals surface area contributed by atoms with Crippen LogP contribution in [0.15, 0.2) is 11.6 Å². The number of fused-ring (bicyclic) bond motifs is 1. The highest BCUT2D eigenvalue weighted by Gasteiger charge is 2.47. The van der Waals surface area contributed by atoms with E-state index in [1.54, 1.807) is 0 Å². The SMILES string of the molecule is C/C1=C/CC(C)(C)C[C@H]2[C@H](C)CC[C@]2(O)C1. The third-order valence-corrected chi connectivity index (χ3v) is 4.77. The van der Waals surface area contributed by atoms with Crippen LogP contribution in [0.4, 0.5) is 0 Å². The minimum Gasteiger partial charge on any atom is -0.389 e. The molecule has 0 aliphatic heterocycles. The largest absolute Gasteiger partial charge is 0.389 e. The minimum atomic E-state index is -0.405. The van der Waals surface area contributed by atoms with Gasteiger partial charge in [0.1, 0.15) is 0 Å². The van der Waals surface area contributed by atoms with Crippen LogP contribution in [0.1, 0.15) is 59.8 Å². The van der Waals surface area contributed by atoms with Gasteiger partial charge in [0.25, 0.3) is 0 Å². The van der Waals surface area contributed by atoms with Crippen molar-refractivity contribution < 1.29 is 5.11 Å². The fraction of sp³-hybridized carbons (Fsp3) is 0.867. The van der Waals surface area contributed by atoms with Crippen LogP contribution in [0.3, 0.4) is 0 Å². The molecule has 2 rings (SSSR count). The second-order valence-electron chi connectivity index (χ2n) is 7.03. The lowest BCUT2D eigenvalue weighted by Gasteiger charge is -2.39. The van der Waals surface area contributed by atoms with Gasteiger partial charge in [-0.3, -0.25) is 0 Å². The summed E-state index contributed by atoms with van der Waals surface area (Å²) in [6.45, 7) is 9.18. The predicted octanol–water partition coefficient (Wildman–Crippen LogP) is 3.92. The van der Waals surface area contributed by atoms with Gasteiger partial charge in [-0.1, -0.05) is 32.4 Å². The van der Waals surface area contributed by atoms with Crippen molar-refractivity contribution in [1.82, 2.24) is 0 Å². The molecule has 0 spiro atoms. The third-order valence-electron chi connectivity index (χ3n) is 4.77. The molecule has 2 aliphatic rings. The summed E-state index contributed by atoms with van der Waals surface area (Å²) in [5.41, 5.74) is 1.32. The van der Waals surface area contributed by atoms with E-state index in [-0.39, 0.29) is 0 Å². The van der Waals surface area contributed by atoms with Crippen LogP contribution in [0.5, 0.6) is 0 Å². The van der Waals surface area contributed by atoms with E-state index >= 15 is 0 Å². The molecular formula is C15H26O. The molecule has 1 N–H and O–H groups in total. The van der Waals surface area contributed by atoms with Crippen molar-refractivity contribution >= 4 is 0 Å². The van der Waals surface area contributed by atoms with Gasteiger partial charge in [-0.25, -0.2) is 0 Å². The molecule has 0 saturated heterocycles. The van der Waals surface area contributed by atoms with Gasteiger partial charge in [0.2, 0.25) is 0 Å². The summed E-state index contributed by atoms with van der Waals surface area (Å²) in [5, 5.41) is 10.8. The number of hydrogen-bond donors (Lipinski definition) is 1. The minimum absolute atomic E-state index is 0.346. The van der Waals surface area contributed by atoms with Crippen molar-refractivity contribution in [2.24, 2.45) is 17.3 Å². The fourth-order valence-corrected chi connectivity index (χ4v) is 3.69. The monoisotopic (exact) mass is 222 g/mol. The molecule has 0 aromatic rings. The van der Waals surface area contributed by atoms with E-state index in [9.17, 15) is 5.11 Å². The molecule has 0 radical (unpaired) electrons. The zero-order valence-electron chi connectivity index (χ0n) is 11.2. The van der Waals surface area contributed by atoms with Crippen molar-refractivity contribution in [2.45, 2.75) is 65.4 Å². The molecule has 0 bridgehead atoms. The van der Waals surface area contributed by atoms with Gasteiger partial charge >= 0.3 is 0 Å². The van der Waals surface area contributed by atoms with Crippen LogP contribution >= 0.6 is 0 Å². The molecule has 1 heteroatoms. The van der Waals surface area contributed by atoms with Gasteiger partial charge < -0.3 is 5.11 Å².